The van der Waals surface area contributed by atoms with E-state index in [9.17, 15) is 22.4 Å². The third-order valence-electron chi connectivity index (χ3n) is 2.85. The number of carbonyl (C=O) groups excluding carboxylic acids is 1. The molecule has 0 unspecified atom stereocenters. The van der Waals surface area contributed by atoms with Gasteiger partial charge in [-0.05, 0) is 25.0 Å². The molecule has 1 amide bonds. The molecule has 2 rings (SSSR count). The summed E-state index contributed by atoms with van der Waals surface area (Å²) in [4.78, 5) is 11.7. The Hall–Kier alpha value is -1.30. The van der Waals surface area contributed by atoms with Crippen LogP contribution in [-0.4, -0.2) is 17.9 Å². The smallest absolute Gasteiger partial charge is 0.261 e. The standard InChI is InChI=1S/C11H8ClF4NO/c12-7-5(1-2-6(13)8(7)14)9(18)17-11(3-4-11)10(15)16/h1-2,10H,3-4H2,(H,17,18). The van der Waals surface area contributed by atoms with Crippen LogP contribution in [0.25, 0.3) is 0 Å². The van der Waals surface area contributed by atoms with Gasteiger partial charge in [0.2, 0.25) is 0 Å². The SMILES string of the molecule is O=C(NC1(C(F)F)CC1)c1ccc(F)c(F)c1Cl. The van der Waals surface area contributed by atoms with E-state index in [-0.39, 0.29) is 18.4 Å². The lowest BCUT2D eigenvalue weighted by atomic mass is 10.1. The average molecular weight is 282 g/mol. The number of hydrogen-bond acceptors (Lipinski definition) is 1. The lowest BCUT2D eigenvalue weighted by Crippen LogP contribution is -2.42. The first-order chi connectivity index (χ1) is 8.37. The van der Waals surface area contributed by atoms with Crippen LogP contribution >= 0.6 is 11.6 Å². The van der Waals surface area contributed by atoms with Crippen molar-refractivity contribution in [2.45, 2.75) is 24.8 Å². The highest BCUT2D eigenvalue weighted by molar-refractivity contribution is 6.34. The van der Waals surface area contributed by atoms with Crippen LogP contribution in [0.5, 0.6) is 0 Å². The zero-order valence-electron chi connectivity index (χ0n) is 8.94. The quantitative estimate of drug-likeness (QED) is 0.669. The predicted octanol–water partition coefficient (Wildman–Crippen LogP) is 3.15. The lowest BCUT2D eigenvalue weighted by Gasteiger charge is -2.16. The van der Waals surface area contributed by atoms with Crippen molar-refractivity contribution < 1.29 is 22.4 Å². The molecule has 0 saturated heterocycles. The number of rotatable bonds is 3. The molecule has 1 N–H and O–H groups in total. The third-order valence-corrected chi connectivity index (χ3v) is 3.22. The molecule has 18 heavy (non-hydrogen) atoms. The van der Waals surface area contributed by atoms with Crippen LogP contribution in [0.15, 0.2) is 12.1 Å². The Morgan fingerprint density at radius 3 is 2.44 bits per heavy atom. The fourth-order valence-electron chi connectivity index (χ4n) is 1.53. The Morgan fingerprint density at radius 1 is 1.33 bits per heavy atom. The van der Waals surface area contributed by atoms with E-state index >= 15 is 0 Å². The molecule has 2 nitrogen and oxygen atoms in total. The molecule has 1 aromatic carbocycles. The van der Waals surface area contributed by atoms with Crippen LogP contribution in [-0.2, 0) is 0 Å². The summed E-state index contributed by atoms with van der Waals surface area (Å²) in [7, 11) is 0. The van der Waals surface area contributed by atoms with Gasteiger partial charge in [0.25, 0.3) is 12.3 Å². The summed E-state index contributed by atoms with van der Waals surface area (Å²) in [5, 5.41) is 1.40. The van der Waals surface area contributed by atoms with Crippen molar-refractivity contribution in [3.63, 3.8) is 0 Å². The molecular formula is C11H8ClF4NO. The second-order valence-corrected chi connectivity index (χ2v) is 4.51. The molecule has 0 heterocycles. The first-order valence-corrected chi connectivity index (χ1v) is 5.49. The summed E-state index contributed by atoms with van der Waals surface area (Å²) in [6.07, 6.45) is -2.40. The van der Waals surface area contributed by atoms with Gasteiger partial charge in [-0.3, -0.25) is 4.79 Å². The number of alkyl halides is 2. The topological polar surface area (TPSA) is 29.1 Å². The van der Waals surface area contributed by atoms with Crippen molar-refractivity contribution in [2.75, 3.05) is 0 Å². The van der Waals surface area contributed by atoms with Gasteiger partial charge in [-0.1, -0.05) is 11.6 Å². The van der Waals surface area contributed by atoms with Gasteiger partial charge in [0, 0.05) is 0 Å². The zero-order chi connectivity index (χ0) is 13.5. The highest BCUT2D eigenvalue weighted by Crippen LogP contribution is 2.41. The number of halogens is 5. The van der Waals surface area contributed by atoms with Crippen LogP contribution < -0.4 is 5.32 Å². The van der Waals surface area contributed by atoms with Crippen LogP contribution in [0.1, 0.15) is 23.2 Å². The van der Waals surface area contributed by atoms with E-state index in [0.717, 1.165) is 12.1 Å². The van der Waals surface area contributed by atoms with Gasteiger partial charge in [0.05, 0.1) is 10.6 Å². The molecule has 98 valence electrons. The zero-order valence-corrected chi connectivity index (χ0v) is 9.70. The van der Waals surface area contributed by atoms with Crippen molar-refractivity contribution in [3.05, 3.63) is 34.4 Å². The van der Waals surface area contributed by atoms with Crippen molar-refractivity contribution in [2.24, 2.45) is 0 Å². The van der Waals surface area contributed by atoms with Gasteiger partial charge >= 0.3 is 0 Å². The first kappa shape index (κ1) is 13.1. The predicted molar refractivity (Wildman–Crippen MR) is 56.8 cm³/mol. The molecule has 1 aliphatic rings. The van der Waals surface area contributed by atoms with Gasteiger partial charge in [0.15, 0.2) is 11.6 Å². The van der Waals surface area contributed by atoms with E-state index in [4.69, 9.17) is 11.6 Å². The molecule has 0 aliphatic heterocycles. The van der Waals surface area contributed by atoms with E-state index in [1.807, 2.05) is 0 Å². The molecule has 1 aliphatic carbocycles. The van der Waals surface area contributed by atoms with Gasteiger partial charge in [-0.15, -0.1) is 0 Å². The van der Waals surface area contributed by atoms with E-state index in [2.05, 4.69) is 5.32 Å². The minimum absolute atomic E-state index is 0.150. The summed E-state index contributed by atoms with van der Waals surface area (Å²) in [5.74, 6) is -3.51. The van der Waals surface area contributed by atoms with Gasteiger partial charge in [0.1, 0.15) is 5.54 Å². The third kappa shape index (κ3) is 2.16. The Balaban J connectivity index is 2.23. The monoisotopic (exact) mass is 281 g/mol. The number of nitrogens with one attached hydrogen (secondary N) is 1. The molecule has 0 radical (unpaired) electrons. The summed E-state index contributed by atoms with van der Waals surface area (Å²) >= 11 is 5.46. The van der Waals surface area contributed by atoms with E-state index in [1.54, 1.807) is 0 Å². The maximum absolute atomic E-state index is 13.1. The second kappa shape index (κ2) is 4.42. The Kier molecular flexibility index (Phi) is 3.23. The fourth-order valence-corrected chi connectivity index (χ4v) is 1.77. The van der Waals surface area contributed by atoms with Gasteiger partial charge in [-0.2, -0.15) is 0 Å². The van der Waals surface area contributed by atoms with Crippen molar-refractivity contribution >= 4 is 17.5 Å². The first-order valence-electron chi connectivity index (χ1n) is 5.11. The van der Waals surface area contributed by atoms with Crippen molar-refractivity contribution in [1.29, 1.82) is 0 Å². The summed E-state index contributed by atoms with van der Waals surface area (Å²) in [5.41, 5.74) is -1.91. The number of amides is 1. The van der Waals surface area contributed by atoms with Gasteiger partial charge in [-0.25, -0.2) is 17.6 Å². The Labute approximate surface area is 105 Å². The molecule has 1 fully saturated rings. The lowest BCUT2D eigenvalue weighted by molar-refractivity contribution is 0.0679. The van der Waals surface area contributed by atoms with Crippen molar-refractivity contribution in [3.8, 4) is 0 Å². The van der Waals surface area contributed by atoms with Crippen LogP contribution in [0, 0.1) is 11.6 Å². The van der Waals surface area contributed by atoms with E-state index < -0.39 is 34.5 Å². The highest BCUT2D eigenvalue weighted by atomic mass is 35.5. The number of hydrogen-bond donors (Lipinski definition) is 1. The minimum atomic E-state index is -2.70. The number of carbonyl (C=O) groups is 1. The van der Waals surface area contributed by atoms with Crippen LogP contribution in [0.4, 0.5) is 17.6 Å². The largest absolute Gasteiger partial charge is 0.341 e. The molecule has 0 aromatic heterocycles. The number of benzene rings is 1. The van der Waals surface area contributed by atoms with Crippen LogP contribution in [0.2, 0.25) is 5.02 Å². The fraction of sp³-hybridized carbons (Fsp3) is 0.364. The molecule has 1 saturated carbocycles. The molecule has 0 spiro atoms. The maximum atomic E-state index is 13.1. The minimum Gasteiger partial charge on any atom is -0.341 e. The molecule has 0 atom stereocenters. The van der Waals surface area contributed by atoms with E-state index in [1.165, 1.54) is 0 Å². The highest BCUT2D eigenvalue weighted by Gasteiger charge is 2.52. The summed E-state index contributed by atoms with van der Waals surface area (Å²) in [6.45, 7) is 0. The maximum Gasteiger partial charge on any atom is 0.261 e. The van der Waals surface area contributed by atoms with Gasteiger partial charge < -0.3 is 5.32 Å². The normalized spacial score (nSPS) is 16.8. The molecule has 0 bridgehead atoms. The Bertz CT molecular complexity index is 502. The second-order valence-electron chi connectivity index (χ2n) is 4.13. The summed E-state index contributed by atoms with van der Waals surface area (Å²) < 4.78 is 51.1. The van der Waals surface area contributed by atoms with Crippen molar-refractivity contribution in [1.82, 2.24) is 5.32 Å². The Morgan fingerprint density at radius 2 is 1.94 bits per heavy atom. The van der Waals surface area contributed by atoms with E-state index in [0.29, 0.717) is 0 Å². The molecule has 1 aromatic rings. The average Bonchev–Trinajstić information content (AvgIpc) is 3.07. The molecule has 7 heteroatoms. The summed E-state index contributed by atoms with van der Waals surface area (Å²) in [6, 6.07) is 1.68. The molecular weight excluding hydrogens is 274 g/mol. The van der Waals surface area contributed by atoms with Crippen LogP contribution in [0.3, 0.4) is 0 Å².